The average molecular weight is 335 g/mol. The van der Waals surface area contributed by atoms with E-state index in [1.165, 1.54) is 22.3 Å². The smallest absolute Gasteiger partial charge is 0.161 e. The molecule has 2 aromatic rings. The Hall–Kier alpha value is -2.52. The Morgan fingerprint density at radius 3 is 2.28 bits per heavy atom. The van der Waals surface area contributed by atoms with Crippen LogP contribution >= 0.6 is 0 Å². The molecular weight excluding hydrogens is 310 g/mol. The molecule has 130 valence electrons. The molecule has 0 aromatic heterocycles. The largest absolute Gasteiger partial charge is 0.493 e. The van der Waals surface area contributed by atoms with Crippen molar-refractivity contribution in [2.24, 2.45) is 0 Å². The number of hydrogen-bond donors (Lipinski definition) is 0. The van der Waals surface area contributed by atoms with Crippen molar-refractivity contribution in [1.82, 2.24) is 4.90 Å². The second kappa shape index (κ2) is 7.58. The van der Waals surface area contributed by atoms with Crippen LogP contribution in [0.4, 0.5) is 0 Å². The molecule has 0 N–H and O–H groups in total. The lowest BCUT2D eigenvalue weighted by molar-refractivity contribution is 0.355. The molecule has 0 spiro atoms. The highest BCUT2D eigenvalue weighted by Crippen LogP contribution is 2.39. The van der Waals surface area contributed by atoms with Crippen LogP contribution in [0.1, 0.15) is 28.7 Å². The number of hydrogen-bond acceptors (Lipinski definition) is 3. The van der Waals surface area contributed by atoms with E-state index in [0.717, 1.165) is 30.0 Å². The molecule has 0 atom stereocenters. The summed E-state index contributed by atoms with van der Waals surface area (Å²) >= 11 is 0. The number of nitrogens with zero attached hydrogens (tertiary/aromatic N) is 1. The van der Waals surface area contributed by atoms with Gasteiger partial charge in [0.05, 0.1) is 14.2 Å². The van der Waals surface area contributed by atoms with E-state index in [1.807, 2.05) is 0 Å². The van der Waals surface area contributed by atoms with Gasteiger partial charge in [-0.1, -0.05) is 42.5 Å². The average Bonchev–Trinajstić information content (AvgIpc) is 2.77. The molecule has 3 rings (SSSR count). The number of rotatable bonds is 5. The maximum atomic E-state index is 5.54. The van der Waals surface area contributed by atoms with E-state index in [9.17, 15) is 0 Å². The predicted octanol–water partition coefficient (Wildman–Crippen LogP) is 4.57. The first kappa shape index (κ1) is 17.3. The van der Waals surface area contributed by atoms with Crippen molar-refractivity contribution in [1.29, 1.82) is 0 Å². The van der Waals surface area contributed by atoms with Gasteiger partial charge in [0.1, 0.15) is 0 Å². The van der Waals surface area contributed by atoms with Gasteiger partial charge in [0, 0.05) is 6.54 Å². The van der Waals surface area contributed by atoms with Crippen LogP contribution in [0.5, 0.6) is 11.5 Å². The van der Waals surface area contributed by atoms with Gasteiger partial charge in [-0.15, -0.1) is 0 Å². The molecular formula is C22H25NO2. The van der Waals surface area contributed by atoms with Gasteiger partial charge < -0.3 is 14.4 Å². The van der Waals surface area contributed by atoms with Crippen LogP contribution < -0.4 is 9.47 Å². The van der Waals surface area contributed by atoms with Crippen LogP contribution in [0.2, 0.25) is 0 Å². The minimum Gasteiger partial charge on any atom is -0.493 e. The monoisotopic (exact) mass is 335 g/mol. The summed E-state index contributed by atoms with van der Waals surface area (Å²) < 4.78 is 11.0. The van der Waals surface area contributed by atoms with Crippen molar-refractivity contribution in [3.05, 3.63) is 64.7 Å². The van der Waals surface area contributed by atoms with Crippen molar-refractivity contribution in [2.75, 3.05) is 34.9 Å². The zero-order chi connectivity index (χ0) is 17.8. The van der Waals surface area contributed by atoms with Gasteiger partial charge in [0.15, 0.2) is 11.5 Å². The van der Waals surface area contributed by atoms with Crippen molar-refractivity contribution >= 4 is 17.7 Å². The molecule has 25 heavy (non-hydrogen) atoms. The lowest BCUT2D eigenvalue weighted by Crippen LogP contribution is -2.12. The Morgan fingerprint density at radius 2 is 1.56 bits per heavy atom. The first-order valence-corrected chi connectivity index (χ1v) is 8.53. The van der Waals surface area contributed by atoms with Crippen molar-refractivity contribution < 1.29 is 9.47 Å². The fourth-order valence-corrected chi connectivity index (χ4v) is 3.17. The summed E-state index contributed by atoms with van der Waals surface area (Å²) in [7, 11) is 7.55. The Kier molecular flexibility index (Phi) is 5.25. The third kappa shape index (κ3) is 3.62. The summed E-state index contributed by atoms with van der Waals surface area (Å²) in [5.74, 6) is 1.51. The number of ether oxygens (including phenoxy) is 2. The molecule has 0 radical (unpaired) electrons. The van der Waals surface area contributed by atoms with Gasteiger partial charge in [-0.05, 0) is 60.5 Å². The third-order valence-corrected chi connectivity index (χ3v) is 4.46. The normalized spacial score (nSPS) is 14.2. The van der Waals surface area contributed by atoms with E-state index in [0.29, 0.717) is 0 Å². The zero-order valence-electron chi connectivity index (χ0n) is 15.4. The fourth-order valence-electron chi connectivity index (χ4n) is 3.17. The van der Waals surface area contributed by atoms with Crippen LogP contribution in [0.3, 0.4) is 0 Å². The Morgan fingerprint density at radius 1 is 0.880 bits per heavy atom. The van der Waals surface area contributed by atoms with Crippen LogP contribution in [0, 0.1) is 0 Å². The van der Waals surface area contributed by atoms with Gasteiger partial charge in [0.25, 0.3) is 0 Å². The lowest BCUT2D eigenvalue weighted by Gasteiger charge is -2.16. The van der Waals surface area contributed by atoms with Gasteiger partial charge in [-0.25, -0.2) is 0 Å². The predicted molar refractivity (Wildman–Crippen MR) is 105 cm³/mol. The molecule has 0 saturated carbocycles. The molecule has 0 unspecified atom stereocenters. The van der Waals surface area contributed by atoms with Crippen LogP contribution in [-0.2, 0) is 0 Å². The quantitative estimate of drug-likeness (QED) is 0.682. The molecule has 3 heteroatoms. The molecule has 0 saturated heterocycles. The lowest BCUT2D eigenvalue weighted by atomic mass is 9.92. The second-order valence-electron chi connectivity index (χ2n) is 6.42. The minimum atomic E-state index is 0.754. The topological polar surface area (TPSA) is 21.7 Å². The molecule has 1 aliphatic rings. The zero-order valence-corrected chi connectivity index (χ0v) is 15.4. The molecule has 1 aliphatic carbocycles. The molecule has 0 heterocycles. The number of fused-ring (bicyclic) bond motifs is 2. The Labute approximate surface area is 150 Å². The van der Waals surface area contributed by atoms with Crippen molar-refractivity contribution in [3.63, 3.8) is 0 Å². The van der Waals surface area contributed by atoms with E-state index in [4.69, 9.17) is 9.47 Å². The van der Waals surface area contributed by atoms with Crippen molar-refractivity contribution in [3.8, 4) is 11.5 Å². The number of benzene rings is 2. The molecule has 0 fully saturated rings. The first-order valence-electron chi connectivity index (χ1n) is 8.53. The standard InChI is InChI=1S/C22H25NO2/c1-23(2)13-7-10-19-18-9-6-5-8-16(18)11-12-17-14-21(24-3)22(25-4)15-20(17)19/h5-6,8-12,14-15H,7,13H2,1-4H3. The Bertz CT molecular complexity index is 819. The van der Waals surface area contributed by atoms with Gasteiger partial charge >= 0.3 is 0 Å². The minimum absolute atomic E-state index is 0.754. The molecule has 3 nitrogen and oxygen atoms in total. The summed E-state index contributed by atoms with van der Waals surface area (Å²) in [4.78, 5) is 2.20. The maximum Gasteiger partial charge on any atom is 0.161 e. The van der Waals surface area contributed by atoms with E-state index in [2.05, 4.69) is 73.6 Å². The third-order valence-electron chi connectivity index (χ3n) is 4.46. The highest BCUT2D eigenvalue weighted by atomic mass is 16.5. The molecule has 2 aromatic carbocycles. The molecule has 0 aliphatic heterocycles. The first-order chi connectivity index (χ1) is 12.1. The molecule has 0 amide bonds. The van der Waals surface area contributed by atoms with E-state index in [-0.39, 0.29) is 0 Å². The summed E-state index contributed by atoms with van der Waals surface area (Å²) in [6.07, 6.45) is 7.65. The Balaban J connectivity index is 2.17. The number of methoxy groups -OCH3 is 2. The van der Waals surface area contributed by atoms with E-state index in [1.54, 1.807) is 14.2 Å². The van der Waals surface area contributed by atoms with Crippen LogP contribution in [0.15, 0.2) is 42.5 Å². The SMILES string of the molecule is COc1cc2c(cc1OC)C(=CCCN(C)C)c1ccccc1C=C2. The van der Waals surface area contributed by atoms with Gasteiger partial charge in [-0.2, -0.15) is 0 Å². The molecule has 0 bridgehead atoms. The van der Waals surface area contributed by atoms with Crippen molar-refractivity contribution in [2.45, 2.75) is 6.42 Å². The highest BCUT2D eigenvalue weighted by molar-refractivity contribution is 5.94. The van der Waals surface area contributed by atoms with Gasteiger partial charge in [-0.3, -0.25) is 0 Å². The van der Waals surface area contributed by atoms with Gasteiger partial charge in [0.2, 0.25) is 0 Å². The summed E-state index contributed by atoms with van der Waals surface area (Å²) in [6.45, 7) is 1.02. The maximum absolute atomic E-state index is 5.54. The van der Waals surface area contributed by atoms with E-state index < -0.39 is 0 Å². The van der Waals surface area contributed by atoms with Crippen LogP contribution in [-0.4, -0.2) is 39.8 Å². The summed E-state index contributed by atoms with van der Waals surface area (Å²) in [5.41, 5.74) is 6.05. The fraction of sp³-hybridized carbons (Fsp3) is 0.273. The second-order valence-corrected chi connectivity index (χ2v) is 6.42. The summed E-state index contributed by atoms with van der Waals surface area (Å²) in [6, 6.07) is 12.7. The van der Waals surface area contributed by atoms with Crippen LogP contribution in [0.25, 0.3) is 17.7 Å². The highest BCUT2D eigenvalue weighted by Gasteiger charge is 2.18. The van der Waals surface area contributed by atoms with E-state index >= 15 is 0 Å². The summed E-state index contributed by atoms with van der Waals surface area (Å²) in [5, 5.41) is 0.